The molecule has 6 nitrogen and oxygen atoms in total. The van der Waals surface area contributed by atoms with Crippen LogP contribution >= 0.6 is 23.2 Å². The number of rotatable bonds is 9. The summed E-state index contributed by atoms with van der Waals surface area (Å²) in [5.41, 5.74) is 3.13. The zero-order valence-electron chi connectivity index (χ0n) is 15.0. The molecule has 0 saturated heterocycles. The van der Waals surface area contributed by atoms with Crippen molar-refractivity contribution < 1.29 is 19.0 Å². The van der Waals surface area contributed by atoms with E-state index in [1.165, 1.54) is 12.3 Å². The molecule has 0 spiro atoms. The molecule has 1 N–H and O–H groups in total. The first-order valence-electron chi connectivity index (χ1n) is 8.24. The summed E-state index contributed by atoms with van der Waals surface area (Å²) in [6.07, 6.45) is 2.40. The maximum Gasteiger partial charge on any atom is 0.277 e. The fourth-order valence-electron chi connectivity index (χ4n) is 2.04. The molecule has 0 atom stereocenters. The van der Waals surface area contributed by atoms with Crippen LogP contribution in [0.4, 0.5) is 0 Å². The van der Waals surface area contributed by atoms with Crippen molar-refractivity contribution in [3.05, 3.63) is 52.0 Å². The van der Waals surface area contributed by atoms with Crippen molar-refractivity contribution in [1.29, 1.82) is 0 Å². The normalized spacial score (nSPS) is 10.7. The summed E-state index contributed by atoms with van der Waals surface area (Å²) in [6, 6.07) is 10.1. The molecule has 2 aromatic rings. The van der Waals surface area contributed by atoms with Crippen LogP contribution in [0.2, 0.25) is 10.0 Å². The lowest BCUT2D eigenvalue weighted by molar-refractivity contribution is -0.123. The molecule has 1 amide bonds. The van der Waals surface area contributed by atoms with E-state index < -0.39 is 5.91 Å². The lowest BCUT2D eigenvalue weighted by Crippen LogP contribution is -2.24. The second-order valence-electron chi connectivity index (χ2n) is 5.42. The van der Waals surface area contributed by atoms with E-state index in [0.717, 1.165) is 12.0 Å². The van der Waals surface area contributed by atoms with E-state index in [2.05, 4.69) is 10.5 Å². The predicted molar refractivity (Wildman–Crippen MR) is 106 cm³/mol. The number of nitrogens with one attached hydrogen (secondary N) is 1. The number of hydrazone groups is 1. The van der Waals surface area contributed by atoms with Crippen LogP contribution < -0.4 is 19.6 Å². The maximum atomic E-state index is 11.8. The lowest BCUT2D eigenvalue weighted by atomic mass is 10.2. The Labute approximate surface area is 168 Å². The van der Waals surface area contributed by atoms with Crippen LogP contribution in [0.25, 0.3) is 0 Å². The number of amides is 1. The smallest absolute Gasteiger partial charge is 0.277 e. The lowest BCUT2D eigenvalue weighted by Gasteiger charge is -2.10. The maximum absolute atomic E-state index is 11.8. The average molecular weight is 411 g/mol. The average Bonchev–Trinajstić information content (AvgIpc) is 2.66. The Balaban J connectivity index is 1.87. The number of carbonyl (C=O) groups excluding carboxylic acids is 1. The van der Waals surface area contributed by atoms with Crippen molar-refractivity contribution >= 4 is 35.3 Å². The van der Waals surface area contributed by atoms with Gasteiger partial charge in [-0.15, -0.1) is 0 Å². The van der Waals surface area contributed by atoms with E-state index in [9.17, 15) is 4.79 Å². The largest absolute Gasteiger partial charge is 0.493 e. The zero-order chi connectivity index (χ0) is 19.6. The van der Waals surface area contributed by atoms with Crippen molar-refractivity contribution in [2.24, 2.45) is 5.10 Å². The molecule has 0 saturated carbocycles. The van der Waals surface area contributed by atoms with Crippen molar-refractivity contribution in [2.45, 2.75) is 13.3 Å². The molecule has 0 aromatic heterocycles. The van der Waals surface area contributed by atoms with Gasteiger partial charge < -0.3 is 14.2 Å². The Morgan fingerprint density at radius 2 is 1.89 bits per heavy atom. The summed E-state index contributed by atoms with van der Waals surface area (Å²) in [5, 5.41) is 4.72. The number of hydrogen-bond acceptors (Lipinski definition) is 5. The van der Waals surface area contributed by atoms with Crippen LogP contribution in [0.3, 0.4) is 0 Å². The van der Waals surface area contributed by atoms with E-state index in [4.69, 9.17) is 37.4 Å². The molecular formula is C19H20Cl2N2O4. The zero-order valence-corrected chi connectivity index (χ0v) is 16.5. The molecule has 0 aliphatic rings. The molecule has 0 fully saturated rings. The fourth-order valence-corrected chi connectivity index (χ4v) is 2.51. The molecule has 2 rings (SSSR count). The van der Waals surface area contributed by atoms with Gasteiger partial charge in [0.1, 0.15) is 5.75 Å². The van der Waals surface area contributed by atoms with Crippen LogP contribution in [0.5, 0.6) is 17.2 Å². The van der Waals surface area contributed by atoms with Crippen molar-refractivity contribution in [2.75, 3.05) is 20.3 Å². The van der Waals surface area contributed by atoms with E-state index in [0.29, 0.717) is 33.9 Å². The van der Waals surface area contributed by atoms with Gasteiger partial charge >= 0.3 is 0 Å². The van der Waals surface area contributed by atoms with Gasteiger partial charge in [-0.3, -0.25) is 4.79 Å². The van der Waals surface area contributed by atoms with Gasteiger partial charge in [0.25, 0.3) is 5.91 Å². The SMILES string of the molecule is CCCOc1ccc(/C=N/NC(=O)COc2ccc(Cl)cc2Cl)cc1OC. The Morgan fingerprint density at radius 3 is 2.59 bits per heavy atom. The highest BCUT2D eigenvalue weighted by atomic mass is 35.5. The highest BCUT2D eigenvalue weighted by Crippen LogP contribution is 2.28. The second kappa shape index (κ2) is 10.6. The monoisotopic (exact) mass is 410 g/mol. The topological polar surface area (TPSA) is 69.2 Å². The van der Waals surface area contributed by atoms with Crippen LogP contribution in [0, 0.1) is 0 Å². The van der Waals surface area contributed by atoms with Gasteiger partial charge in [0.05, 0.1) is 25.0 Å². The van der Waals surface area contributed by atoms with Gasteiger partial charge in [-0.05, 0) is 48.4 Å². The Bertz CT molecular complexity index is 812. The Morgan fingerprint density at radius 1 is 1.11 bits per heavy atom. The highest BCUT2D eigenvalue weighted by Gasteiger charge is 2.07. The van der Waals surface area contributed by atoms with Crippen LogP contribution in [0.15, 0.2) is 41.5 Å². The fraction of sp³-hybridized carbons (Fsp3) is 0.263. The molecular weight excluding hydrogens is 391 g/mol. The molecule has 0 aliphatic carbocycles. The molecule has 0 bridgehead atoms. The van der Waals surface area contributed by atoms with Gasteiger partial charge in [0, 0.05) is 5.02 Å². The second-order valence-corrected chi connectivity index (χ2v) is 6.26. The third-order valence-electron chi connectivity index (χ3n) is 3.30. The summed E-state index contributed by atoms with van der Waals surface area (Å²) in [7, 11) is 1.57. The van der Waals surface area contributed by atoms with Gasteiger partial charge in [-0.2, -0.15) is 5.10 Å². The minimum absolute atomic E-state index is 0.230. The van der Waals surface area contributed by atoms with Gasteiger partial charge in [-0.1, -0.05) is 30.1 Å². The number of carbonyl (C=O) groups is 1. The standard InChI is InChI=1S/C19H20Cl2N2O4/c1-3-8-26-17-6-4-13(9-18(17)25-2)11-22-23-19(24)12-27-16-7-5-14(20)10-15(16)21/h4-7,9-11H,3,8,12H2,1-2H3,(H,23,24)/b22-11+. The van der Waals surface area contributed by atoms with E-state index in [1.807, 2.05) is 13.0 Å². The summed E-state index contributed by atoms with van der Waals surface area (Å²) in [6.45, 7) is 2.41. The van der Waals surface area contributed by atoms with Crippen molar-refractivity contribution in [3.8, 4) is 17.2 Å². The summed E-state index contributed by atoms with van der Waals surface area (Å²) < 4.78 is 16.2. The highest BCUT2D eigenvalue weighted by molar-refractivity contribution is 6.35. The third kappa shape index (κ3) is 6.66. The number of halogens is 2. The van der Waals surface area contributed by atoms with Crippen molar-refractivity contribution in [1.82, 2.24) is 5.43 Å². The van der Waals surface area contributed by atoms with Gasteiger partial charge in [-0.25, -0.2) is 5.43 Å². The van der Waals surface area contributed by atoms with Gasteiger partial charge in [0.15, 0.2) is 18.1 Å². The summed E-state index contributed by atoms with van der Waals surface area (Å²) in [4.78, 5) is 11.8. The van der Waals surface area contributed by atoms with E-state index in [1.54, 1.807) is 31.4 Å². The first-order chi connectivity index (χ1) is 13.0. The van der Waals surface area contributed by atoms with Crippen LogP contribution in [-0.2, 0) is 4.79 Å². The number of methoxy groups -OCH3 is 1. The quantitative estimate of drug-likeness (QED) is 0.493. The molecule has 8 heteroatoms. The summed E-state index contributed by atoms with van der Waals surface area (Å²) >= 11 is 11.8. The van der Waals surface area contributed by atoms with Gasteiger partial charge in [0.2, 0.25) is 0 Å². The number of nitrogens with zero attached hydrogens (tertiary/aromatic N) is 1. The minimum atomic E-state index is -0.424. The number of benzene rings is 2. The number of hydrogen-bond donors (Lipinski definition) is 1. The van der Waals surface area contributed by atoms with E-state index >= 15 is 0 Å². The summed E-state index contributed by atoms with van der Waals surface area (Å²) in [5.74, 6) is 1.20. The molecule has 0 unspecified atom stereocenters. The first-order valence-corrected chi connectivity index (χ1v) is 8.99. The molecule has 2 aromatic carbocycles. The number of ether oxygens (including phenoxy) is 3. The molecule has 0 aliphatic heterocycles. The Hall–Kier alpha value is -2.44. The Kier molecular flexibility index (Phi) is 8.23. The van der Waals surface area contributed by atoms with Crippen LogP contribution in [0.1, 0.15) is 18.9 Å². The van der Waals surface area contributed by atoms with Crippen LogP contribution in [-0.4, -0.2) is 32.4 Å². The molecule has 0 radical (unpaired) electrons. The predicted octanol–water partition coefficient (Wildman–Crippen LogP) is 4.32. The van der Waals surface area contributed by atoms with Crippen molar-refractivity contribution in [3.63, 3.8) is 0 Å². The minimum Gasteiger partial charge on any atom is -0.493 e. The molecule has 0 heterocycles. The molecule has 144 valence electrons. The first kappa shape index (κ1) is 20.9. The molecule has 27 heavy (non-hydrogen) atoms. The third-order valence-corrected chi connectivity index (χ3v) is 3.84. The van der Waals surface area contributed by atoms with E-state index in [-0.39, 0.29) is 6.61 Å².